The number of nitrogens with zero attached hydrogens (tertiary/aromatic N) is 1. The molecule has 2 rings (SSSR count). The van der Waals surface area contributed by atoms with E-state index in [1.54, 1.807) is 0 Å². The third kappa shape index (κ3) is 3.15. The molecule has 4 nitrogen and oxygen atoms in total. The first-order chi connectivity index (χ1) is 8.94. The number of aryl methyl sites for hydroxylation is 2. The van der Waals surface area contributed by atoms with Crippen molar-refractivity contribution < 1.29 is 4.79 Å². The number of thiazole rings is 1. The van der Waals surface area contributed by atoms with E-state index < -0.39 is 5.54 Å². The number of nitrogens with one attached hydrogen (secondary N) is 1. The SMILES string of the molecule is CCc1nc(NC(=O)C2(N)CCCC(C)C2)sc1C. The fourth-order valence-corrected chi connectivity index (χ4v) is 3.73. The van der Waals surface area contributed by atoms with Gasteiger partial charge in [-0.25, -0.2) is 4.98 Å². The number of carbonyl (C=O) groups is 1. The Hall–Kier alpha value is -0.940. The fourth-order valence-electron chi connectivity index (χ4n) is 2.83. The highest BCUT2D eigenvalue weighted by atomic mass is 32.1. The molecule has 1 fully saturated rings. The fraction of sp³-hybridized carbons (Fsp3) is 0.714. The molecular formula is C14H23N3OS. The Morgan fingerprint density at radius 2 is 2.37 bits per heavy atom. The van der Waals surface area contributed by atoms with Crippen molar-refractivity contribution in [3.8, 4) is 0 Å². The average molecular weight is 281 g/mol. The first-order valence-corrected chi connectivity index (χ1v) is 7.83. The van der Waals surface area contributed by atoms with Crippen LogP contribution in [0.3, 0.4) is 0 Å². The number of rotatable bonds is 3. The van der Waals surface area contributed by atoms with Crippen molar-refractivity contribution in [2.45, 2.75) is 58.4 Å². The van der Waals surface area contributed by atoms with Crippen LogP contribution in [-0.4, -0.2) is 16.4 Å². The Balaban J connectivity index is 2.07. The zero-order valence-electron chi connectivity index (χ0n) is 12.0. The van der Waals surface area contributed by atoms with Crippen molar-refractivity contribution in [2.24, 2.45) is 11.7 Å². The zero-order valence-corrected chi connectivity index (χ0v) is 12.8. The summed E-state index contributed by atoms with van der Waals surface area (Å²) in [5.74, 6) is 0.448. The molecule has 0 spiro atoms. The van der Waals surface area contributed by atoms with Crippen LogP contribution in [0.4, 0.5) is 5.13 Å². The average Bonchev–Trinajstić information content (AvgIpc) is 2.69. The number of nitrogens with two attached hydrogens (primary N) is 1. The number of hydrogen-bond acceptors (Lipinski definition) is 4. The van der Waals surface area contributed by atoms with Crippen molar-refractivity contribution in [3.63, 3.8) is 0 Å². The highest BCUT2D eigenvalue weighted by molar-refractivity contribution is 7.15. The van der Waals surface area contributed by atoms with Crippen LogP contribution in [0.5, 0.6) is 0 Å². The molecule has 1 saturated carbocycles. The monoisotopic (exact) mass is 281 g/mol. The smallest absolute Gasteiger partial charge is 0.246 e. The maximum atomic E-state index is 12.4. The van der Waals surface area contributed by atoms with Crippen molar-refractivity contribution in [1.29, 1.82) is 0 Å². The first-order valence-electron chi connectivity index (χ1n) is 7.01. The molecule has 1 amide bonds. The van der Waals surface area contributed by atoms with Crippen LogP contribution in [0.15, 0.2) is 0 Å². The van der Waals surface area contributed by atoms with Gasteiger partial charge in [-0.05, 0) is 32.1 Å². The molecule has 5 heteroatoms. The molecule has 2 unspecified atom stereocenters. The minimum Gasteiger partial charge on any atom is -0.317 e. The van der Waals surface area contributed by atoms with E-state index >= 15 is 0 Å². The Kier molecular flexibility index (Phi) is 4.26. The largest absolute Gasteiger partial charge is 0.317 e. The summed E-state index contributed by atoms with van der Waals surface area (Å²) in [5.41, 5.74) is 6.62. The summed E-state index contributed by atoms with van der Waals surface area (Å²) in [4.78, 5) is 18.0. The van der Waals surface area contributed by atoms with Gasteiger partial charge in [-0.2, -0.15) is 0 Å². The molecule has 1 aromatic rings. The minimum atomic E-state index is -0.719. The van der Waals surface area contributed by atoms with Crippen molar-refractivity contribution in [3.05, 3.63) is 10.6 Å². The van der Waals surface area contributed by atoms with E-state index in [2.05, 4.69) is 24.1 Å². The summed E-state index contributed by atoms with van der Waals surface area (Å²) < 4.78 is 0. The molecule has 0 bridgehead atoms. The van der Waals surface area contributed by atoms with E-state index in [9.17, 15) is 4.79 Å². The van der Waals surface area contributed by atoms with Gasteiger partial charge in [0, 0.05) is 4.88 Å². The highest BCUT2D eigenvalue weighted by Gasteiger charge is 2.38. The second-order valence-electron chi connectivity index (χ2n) is 5.69. The number of carbonyl (C=O) groups excluding carboxylic acids is 1. The van der Waals surface area contributed by atoms with Crippen molar-refractivity contribution in [2.75, 3.05) is 5.32 Å². The van der Waals surface area contributed by atoms with Gasteiger partial charge in [0.1, 0.15) is 0 Å². The van der Waals surface area contributed by atoms with Gasteiger partial charge in [-0.1, -0.05) is 26.7 Å². The van der Waals surface area contributed by atoms with Crippen LogP contribution < -0.4 is 11.1 Å². The molecule has 3 N–H and O–H groups in total. The lowest BCUT2D eigenvalue weighted by molar-refractivity contribution is -0.122. The quantitative estimate of drug-likeness (QED) is 0.895. The molecule has 0 aliphatic heterocycles. The lowest BCUT2D eigenvalue weighted by Gasteiger charge is -2.34. The van der Waals surface area contributed by atoms with E-state index in [1.807, 2.05) is 6.92 Å². The van der Waals surface area contributed by atoms with Crippen LogP contribution >= 0.6 is 11.3 Å². The molecule has 0 aromatic carbocycles. The number of amides is 1. The Morgan fingerprint density at radius 3 is 2.95 bits per heavy atom. The summed E-state index contributed by atoms with van der Waals surface area (Å²) in [5, 5.41) is 3.59. The van der Waals surface area contributed by atoms with Gasteiger partial charge in [-0.15, -0.1) is 11.3 Å². The van der Waals surface area contributed by atoms with E-state index in [4.69, 9.17) is 5.73 Å². The molecule has 1 aliphatic rings. The van der Waals surface area contributed by atoms with E-state index in [0.717, 1.165) is 31.4 Å². The van der Waals surface area contributed by atoms with Crippen molar-refractivity contribution >= 4 is 22.4 Å². The molecule has 0 saturated heterocycles. The molecule has 1 aliphatic carbocycles. The lowest BCUT2D eigenvalue weighted by atomic mass is 9.76. The van der Waals surface area contributed by atoms with Crippen molar-refractivity contribution in [1.82, 2.24) is 4.98 Å². The van der Waals surface area contributed by atoms with Crippen LogP contribution in [0.2, 0.25) is 0 Å². The normalized spacial score (nSPS) is 27.3. The van der Waals surface area contributed by atoms with Gasteiger partial charge in [0.25, 0.3) is 0 Å². The zero-order chi connectivity index (χ0) is 14.0. The molecule has 2 atom stereocenters. The van der Waals surface area contributed by atoms with Gasteiger partial charge in [0.15, 0.2) is 5.13 Å². The van der Waals surface area contributed by atoms with E-state index in [-0.39, 0.29) is 5.91 Å². The molecule has 0 radical (unpaired) electrons. The molecule has 19 heavy (non-hydrogen) atoms. The third-order valence-electron chi connectivity index (χ3n) is 3.93. The van der Waals surface area contributed by atoms with Gasteiger partial charge in [0.05, 0.1) is 11.2 Å². The standard InChI is InChI=1S/C14H23N3OS/c1-4-11-10(3)19-13(16-11)17-12(18)14(15)7-5-6-9(2)8-14/h9H,4-8,15H2,1-3H3,(H,16,17,18). The number of hydrogen-bond donors (Lipinski definition) is 2. The van der Waals surface area contributed by atoms with Crippen LogP contribution in [0.25, 0.3) is 0 Å². The number of aromatic nitrogens is 1. The summed E-state index contributed by atoms with van der Waals surface area (Å²) in [6.45, 7) is 6.27. The van der Waals surface area contributed by atoms with Gasteiger partial charge in [-0.3, -0.25) is 4.79 Å². The van der Waals surface area contributed by atoms with Crippen LogP contribution in [0, 0.1) is 12.8 Å². The molecule has 1 heterocycles. The first kappa shape index (κ1) is 14.5. The molecular weight excluding hydrogens is 258 g/mol. The van der Waals surface area contributed by atoms with E-state index in [0.29, 0.717) is 11.0 Å². The Labute approximate surface area is 118 Å². The maximum Gasteiger partial charge on any atom is 0.246 e. The summed E-state index contributed by atoms with van der Waals surface area (Å²) in [7, 11) is 0. The Bertz CT molecular complexity index is 471. The van der Waals surface area contributed by atoms with Gasteiger partial charge >= 0.3 is 0 Å². The summed E-state index contributed by atoms with van der Waals surface area (Å²) in [6, 6.07) is 0. The highest BCUT2D eigenvalue weighted by Crippen LogP contribution is 2.32. The second kappa shape index (κ2) is 5.59. The molecule has 106 valence electrons. The van der Waals surface area contributed by atoms with Crippen LogP contribution in [-0.2, 0) is 11.2 Å². The topological polar surface area (TPSA) is 68.0 Å². The summed E-state index contributed by atoms with van der Waals surface area (Å²) >= 11 is 1.53. The van der Waals surface area contributed by atoms with Crippen LogP contribution in [0.1, 0.15) is 50.1 Å². The summed E-state index contributed by atoms with van der Waals surface area (Å²) in [6.07, 6.45) is 4.63. The van der Waals surface area contributed by atoms with E-state index in [1.165, 1.54) is 22.6 Å². The maximum absolute atomic E-state index is 12.4. The van der Waals surface area contributed by atoms with Gasteiger partial charge in [0.2, 0.25) is 5.91 Å². The predicted octanol–water partition coefficient (Wildman–Crippen LogP) is 2.86. The minimum absolute atomic E-state index is 0.0737. The number of anilines is 1. The second-order valence-corrected chi connectivity index (χ2v) is 6.89. The third-order valence-corrected chi connectivity index (χ3v) is 4.86. The Morgan fingerprint density at radius 1 is 1.63 bits per heavy atom. The molecule has 1 aromatic heterocycles. The van der Waals surface area contributed by atoms with Gasteiger partial charge < -0.3 is 11.1 Å². The lowest BCUT2D eigenvalue weighted by Crippen LogP contribution is -2.53. The predicted molar refractivity (Wildman–Crippen MR) is 79.4 cm³/mol.